The Hall–Kier alpha value is -1.65. The Morgan fingerprint density at radius 2 is 2.04 bits per heavy atom. The summed E-state index contributed by atoms with van der Waals surface area (Å²) in [4.78, 5) is 7.89. The number of nitrogens with two attached hydrogens (primary N) is 1. The average molecular weight is 463 g/mol. The minimum Gasteiger partial charge on any atom is -0.455 e. The molecule has 5 nitrogen and oxygen atoms in total. The van der Waals surface area contributed by atoms with Gasteiger partial charge in [0.05, 0.1) is 24.3 Å². The van der Waals surface area contributed by atoms with Crippen molar-refractivity contribution in [1.29, 1.82) is 0 Å². The van der Waals surface area contributed by atoms with Crippen LogP contribution in [0, 0.1) is 12.5 Å². The number of hydrogen-bond donors (Lipinski definition) is 1. The first kappa shape index (κ1) is 19.7. The molecule has 4 rings (SSSR count). The van der Waals surface area contributed by atoms with Crippen LogP contribution in [0.25, 0.3) is 4.85 Å². The van der Waals surface area contributed by atoms with E-state index in [1.54, 1.807) is 12.3 Å². The van der Waals surface area contributed by atoms with Crippen LogP contribution in [0.15, 0.2) is 34.9 Å². The highest BCUT2D eigenvalue weighted by atomic mass is 79.9. The van der Waals surface area contributed by atoms with Crippen molar-refractivity contribution >= 4 is 27.5 Å². The van der Waals surface area contributed by atoms with Crippen molar-refractivity contribution in [3.63, 3.8) is 0 Å². The molecule has 0 amide bonds. The molecule has 2 aromatic rings. The minimum atomic E-state index is -0.989. The van der Waals surface area contributed by atoms with Gasteiger partial charge in [-0.3, -0.25) is 4.85 Å². The molecule has 2 unspecified atom stereocenters. The number of aromatic nitrogens is 1. The number of nitrogens with zero attached hydrogens (tertiary/aromatic N) is 2. The molecule has 146 valence electrons. The second-order valence-corrected chi connectivity index (χ2v) is 8.75. The number of benzene rings is 1. The van der Waals surface area contributed by atoms with Crippen LogP contribution in [0.2, 0.25) is 5.15 Å². The molecule has 1 aromatic carbocycles. The van der Waals surface area contributed by atoms with Crippen LogP contribution >= 0.6 is 27.5 Å². The summed E-state index contributed by atoms with van der Waals surface area (Å²) in [7, 11) is 0. The van der Waals surface area contributed by atoms with Crippen LogP contribution in [0.3, 0.4) is 0 Å². The van der Waals surface area contributed by atoms with Crippen molar-refractivity contribution in [2.24, 2.45) is 11.7 Å². The Balaban J connectivity index is 1.69. The maximum atomic E-state index is 7.63. The fourth-order valence-corrected chi connectivity index (χ4v) is 4.64. The van der Waals surface area contributed by atoms with Crippen LogP contribution in [0.5, 0.6) is 11.5 Å². The highest BCUT2D eigenvalue weighted by Gasteiger charge is 2.42. The molecule has 1 aliphatic carbocycles. The highest BCUT2D eigenvalue weighted by Crippen LogP contribution is 2.47. The largest absolute Gasteiger partial charge is 0.455 e. The molecule has 1 aliphatic heterocycles. The van der Waals surface area contributed by atoms with Gasteiger partial charge in [-0.2, -0.15) is 0 Å². The van der Waals surface area contributed by atoms with E-state index >= 15 is 0 Å². The Morgan fingerprint density at radius 1 is 1.29 bits per heavy atom. The van der Waals surface area contributed by atoms with Crippen LogP contribution in [0.1, 0.15) is 43.2 Å². The van der Waals surface area contributed by atoms with Crippen LogP contribution < -0.4 is 10.5 Å². The molecule has 1 fully saturated rings. The predicted molar refractivity (Wildman–Crippen MR) is 111 cm³/mol. The van der Waals surface area contributed by atoms with Gasteiger partial charge in [-0.25, -0.2) is 11.6 Å². The second-order valence-electron chi connectivity index (χ2n) is 7.45. The molecule has 7 heteroatoms. The van der Waals surface area contributed by atoms with E-state index in [1.165, 1.54) is 6.42 Å². The first-order chi connectivity index (χ1) is 13.5. The summed E-state index contributed by atoms with van der Waals surface area (Å²) in [6, 6.07) is 7.42. The van der Waals surface area contributed by atoms with Crippen LogP contribution in [-0.4, -0.2) is 17.8 Å². The van der Waals surface area contributed by atoms with Crippen molar-refractivity contribution in [2.45, 2.75) is 43.9 Å². The van der Waals surface area contributed by atoms with Gasteiger partial charge in [0.1, 0.15) is 10.9 Å². The molecule has 0 saturated heterocycles. The number of pyridine rings is 1. The molecular formula is C21H21BrClN3O2. The lowest BCUT2D eigenvalue weighted by Gasteiger charge is -2.37. The SMILES string of the molecule is [C-]#[N+]C(OCC1(N)c2cc(Br)ccc2Oc2cnc(Cl)cc21)C1CCCCC1. The molecule has 1 saturated carbocycles. The highest BCUT2D eigenvalue weighted by molar-refractivity contribution is 9.10. The first-order valence-corrected chi connectivity index (χ1v) is 10.6. The lowest BCUT2D eigenvalue weighted by Crippen LogP contribution is -2.46. The molecule has 1 aromatic heterocycles. The molecule has 2 N–H and O–H groups in total. The van der Waals surface area contributed by atoms with Crippen molar-refractivity contribution in [1.82, 2.24) is 4.98 Å². The Labute approximate surface area is 178 Å². The van der Waals surface area contributed by atoms with Gasteiger partial charge in [0, 0.05) is 15.6 Å². The average Bonchev–Trinajstić information content (AvgIpc) is 2.71. The number of rotatable bonds is 4. The fraction of sp³-hybridized carbons (Fsp3) is 0.429. The van der Waals surface area contributed by atoms with Gasteiger partial charge in [0.2, 0.25) is 0 Å². The zero-order chi connectivity index (χ0) is 19.7. The topological polar surface area (TPSA) is 61.7 Å². The lowest BCUT2D eigenvalue weighted by molar-refractivity contribution is 0.00763. The van der Waals surface area contributed by atoms with E-state index in [0.717, 1.165) is 35.7 Å². The number of halogens is 2. The second kappa shape index (κ2) is 8.00. The molecule has 28 heavy (non-hydrogen) atoms. The summed E-state index contributed by atoms with van der Waals surface area (Å²) < 4.78 is 13.0. The first-order valence-electron chi connectivity index (χ1n) is 9.42. The summed E-state index contributed by atoms with van der Waals surface area (Å²) in [5.74, 6) is 1.47. The summed E-state index contributed by atoms with van der Waals surface area (Å²) in [5, 5.41) is 0.338. The van der Waals surface area contributed by atoms with E-state index in [2.05, 4.69) is 25.8 Å². The Kier molecular flexibility index (Phi) is 5.62. The zero-order valence-corrected chi connectivity index (χ0v) is 17.7. The van der Waals surface area contributed by atoms with Gasteiger partial charge in [-0.1, -0.05) is 46.8 Å². The standard InChI is InChI=1S/C21H21BrClN3O2/c1-25-20(13-5-3-2-4-6-13)27-12-21(24)15-9-14(22)7-8-17(15)28-18-11-26-19(23)10-16(18)21/h7-11,13,20H,2-6,12,24H2. The molecule has 2 aliphatic rings. The monoisotopic (exact) mass is 461 g/mol. The molecule has 2 heterocycles. The van der Waals surface area contributed by atoms with Crippen molar-refractivity contribution in [3.8, 4) is 11.5 Å². The van der Waals surface area contributed by atoms with Gasteiger partial charge in [0.15, 0.2) is 5.75 Å². The lowest BCUT2D eigenvalue weighted by atomic mass is 9.82. The summed E-state index contributed by atoms with van der Waals surface area (Å²) >= 11 is 9.67. The van der Waals surface area contributed by atoms with E-state index < -0.39 is 11.8 Å². The predicted octanol–water partition coefficient (Wildman–Crippen LogP) is 5.65. The van der Waals surface area contributed by atoms with E-state index in [1.807, 2.05) is 18.2 Å². The summed E-state index contributed by atoms with van der Waals surface area (Å²) in [5.41, 5.74) is 7.46. The minimum absolute atomic E-state index is 0.163. The molecule has 0 radical (unpaired) electrons. The summed E-state index contributed by atoms with van der Waals surface area (Å²) in [6.07, 6.45) is 6.70. The molecule has 2 atom stereocenters. The third-order valence-corrected chi connectivity index (χ3v) is 6.32. The quantitative estimate of drug-likeness (QED) is 0.471. The van der Waals surface area contributed by atoms with Gasteiger partial charge < -0.3 is 15.2 Å². The third kappa shape index (κ3) is 3.65. The molecular weight excluding hydrogens is 442 g/mol. The zero-order valence-electron chi connectivity index (χ0n) is 15.3. The Bertz CT molecular complexity index is 873. The Morgan fingerprint density at radius 3 is 2.79 bits per heavy atom. The van der Waals surface area contributed by atoms with Crippen LogP contribution in [-0.2, 0) is 10.3 Å². The number of fused-ring (bicyclic) bond motifs is 2. The maximum absolute atomic E-state index is 7.63. The van der Waals surface area contributed by atoms with Gasteiger partial charge >= 0.3 is 6.23 Å². The third-order valence-electron chi connectivity index (χ3n) is 5.62. The fourth-order valence-electron chi connectivity index (χ4n) is 4.12. The van der Waals surface area contributed by atoms with E-state index in [-0.39, 0.29) is 12.5 Å². The maximum Gasteiger partial charge on any atom is 0.330 e. The normalized spacial score (nSPS) is 22.5. The van der Waals surface area contributed by atoms with Gasteiger partial charge in [0.25, 0.3) is 0 Å². The van der Waals surface area contributed by atoms with Gasteiger partial charge in [-0.15, -0.1) is 0 Å². The van der Waals surface area contributed by atoms with Crippen molar-refractivity contribution in [2.75, 3.05) is 6.61 Å². The van der Waals surface area contributed by atoms with E-state index in [4.69, 9.17) is 33.4 Å². The number of hydrogen-bond acceptors (Lipinski definition) is 4. The smallest absolute Gasteiger partial charge is 0.330 e. The van der Waals surface area contributed by atoms with E-state index in [0.29, 0.717) is 22.2 Å². The van der Waals surface area contributed by atoms with Crippen molar-refractivity contribution in [3.05, 3.63) is 62.6 Å². The molecule has 0 spiro atoms. The molecule has 0 bridgehead atoms. The van der Waals surface area contributed by atoms with Crippen molar-refractivity contribution < 1.29 is 9.47 Å². The van der Waals surface area contributed by atoms with E-state index in [9.17, 15) is 0 Å². The summed E-state index contributed by atoms with van der Waals surface area (Å²) in [6.45, 7) is 7.79. The van der Waals surface area contributed by atoms with Gasteiger partial charge in [-0.05, 0) is 37.1 Å². The number of ether oxygens (including phenoxy) is 2. The van der Waals surface area contributed by atoms with Crippen LogP contribution in [0.4, 0.5) is 0 Å².